The zero-order chi connectivity index (χ0) is 22.8. The highest BCUT2D eigenvalue weighted by Gasteiger charge is 2.47. The van der Waals surface area contributed by atoms with E-state index >= 15 is 0 Å². The van der Waals surface area contributed by atoms with Crippen molar-refractivity contribution in [2.24, 2.45) is 0 Å². The average Bonchev–Trinajstić information content (AvgIpc) is 2.84. The molecule has 0 amide bonds. The number of aliphatic hydroxyl groups excluding tert-OH is 1. The van der Waals surface area contributed by atoms with Crippen LogP contribution in [0.1, 0.15) is 11.1 Å². The summed E-state index contributed by atoms with van der Waals surface area (Å²) in [5.74, 6) is 0. The molecular weight excluding hydrogens is 422 g/mol. The number of hydrogen-bond donors (Lipinski definition) is 1. The van der Waals surface area contributed by atoms with Gasteiger partial charge in [0.2, 0.25) is 0 Å². The molecule has 0 saturated carbocycles. The second-order valence-electron chi connectivity index (χ2n) is 6.76. The topological polar surface area (TPSA) is 66.4 Å². The maximum atomic E-state index is 10.9. The van der Waals surface area contributed by atoms with Crippen molar-refractivity contribution in [3.8, 4) is 0 Å². The third-order valence-corrected chi connectivity index (χ3v) is 5.65. The van der Waals surface area contributed by atoms with Gasteiger partial charge in [-0.1, -0.05) is 68.3 Å². The van der Waals surface area contributed by atoms with Gasteiger partial charge >= 0.3 is 0 Å². The van der Waals surface area contributed by atoms with Crippen LogP contribution < -0.4 is 0 Å². The van der Waals surface area contributed by atoms with Crippen LogP contribution in [0.3, 0.4) is 0 Å². The maximum absolute atomic E-state index is 10.9. The van der Waals surface area contributed by atoms with Crippen LogP contribution in [-0.4, -0.2) is 59.7 Å². The van der Waals surface area contributed by atoms with Crippen LogP contribution in [-0.2, 0) is 36.3 Å². The van der Waals surface area contributed by atoms with Gasteiger partial charge < -0.3 is 28.2 Å². The molecule has 0 bridgehead atoms. The van der Waals surface area contributed by atoms with Gasteiger partial charge in [0, 0.05) is 18.8 Å². The van der Waals surface area contributed by atoms with Crippen molar-refractivity contribution in [3.05, 3.63) is 71.8 Å². The minimum Gasteiger partial charge on any atom is -0.385 e. The van der Waals surface area contributed by atoms with Gasteiger partial charge in [0.05, 0.1) is 21.1 Å². The van der Waals surface area contributed by atoms with Crippen LogP contribution in [0, 0.1) is 0 Å². The molecule has 9 heteroatoms. The lowest BCUT2D eigenvalue weighted by atomic mass is 9.98. The Morgan fingerprint density at radius 2 is 1.70 bits per heavy atom. The standard InChI is InChI=1S/C21H27BO6PS/c1-24-21-18(23)20(26-13-16-10-6-3-7-11-16)19(17(28-21)14-27-30-29-22)25-12-15-8-4-2-5-9-15/h2-11,17-23,29H,12-14H2,1H3/t17?,18?,19-,20+,21+,29?/m0/s1/i22T,29D. The molecule has 1 radical (unpaired) electrons. The Morgan fingerprint density at radius 3 is 2.27 bits per heavy atom. The maximum Gasteiger partial charge on any atom is 0.186 e. The van der Waals surface area contributed by atoms with Crippen LogP contribution in [0.4, 0.5) is 0 Å². The van der Waals surface area contributed by atoms with E-state index in [2.05, 4.69) is 0 Å². The first-order chi connectivity index (χ1) is 15.6. The highest BCUT2D eigenvalue weighted by molar-refractivity contribution is 8.53. The van der Waals surface area contributed by atoms with Crippen LogP contribution in [0.25, 0.3) is 0 Å². The van der Waals surface area contributed by atoms with Crippen molar-refractivity contribution in [3.63, 3.8) is 0 Å². The summed E-state index contributed by atoms with van der Waals surface area (Å²) in [6, 6.07) is 19.4. The molecule has 3 rings (SSSR count). The number of benzene rings is 2. The van der Waals surface area contributed by atoms with E-state index in [1.54, 1.807) is 0 Å². The third-order valence-electron chi connectivity index (χ3n) is 4.75. The van der Waals surface area contributed by atoms with E-state index in [1.807, 2.05) is 60.7 Å². The van der Waals surface area contributed by atoms with Gasteiger partial charge in [-0.2, -0.15) is 0 Å². The molecule has 1 N–H and O–H groups in total. The van der Waals surface area contributed by atoms with Crippen LogP contribution in [0.5, 0.6) is 0 Å². The summed E-state index contributed by atoms with van der Waals surface area (Å²) in [4.78, 5) is 0. The monoisotopic (exact) mass is 452 g/mol. The first-order valence-corrected chi connectivity index (χ1v) is 11.9. The smallest absolute Gasteiger partial charge is 0.186 e. The molecule has 0 spiro atoms. The van der Waals surface area contributed by atoms with Gasteiger partial charge in [-0.05, 0) is 12.5 Å². The molecule has 6 atom stereocenters. The molecule has 1 heterocycles. The van der Waals surface area contributed by atoms with Crippen molar-refractivity contribution >= 4 is 26.8 Å². The minimum absolute atomic E-state index is 0.0907. The first kappa shape index (κ1) is 20.9. The normalized spacial score (nSPS) is 28.4. The van der Waals surface area contributed by atoms with Gasteiger partial charge in [0.15, 0.2) is 6.29 Å². The Morgan fingerprint density at radius 1 is 1.10 bits per heavy atom. The van der Waals surface area contributed by atoms with Gasteiger partial charge in [-0.15, -0.1) is 0 Å². The minimum atomic E-state index is -1.46. The van der Waals surface area contributed by atoms with Gasteiger partial charge in [0.25, 0.3) is 0 Å². The van der Waals surface area contributed by atoms with E-state index in [1.165, 1.54) is 7.11 Å². The Bertz CT molecular complexity index is 783. The molecule has 161 valence electrons. The van der Waals surface area contributed by atoms with E-state index in [9.17, 15) is 5.11 Å². The van der Waals surface area contributed by atoms with E-state index < -0.39 is 38.3 Å². The SMILES string of the molecule is [2H]P([B][3H])SOCC1O[C@@H](OC)C(O)[C@@H](OCc2ccccc2)[C@H]1OCc1ccccc1. The molecule has 1 saturated heterocycles. The van der Waals surface area contributed by atoms with E-state index in [0.29, 0.717) is 13.2 Å². The fraction of sp³-hybridized carbons (Fsp3) is 0.429. The molecule has 2 aromatic rings. The van der Waals surface area contributed by atoms with Crippen molar-refractivity contribution < 1.29 is 28.2 Å². The summed E-state index contributed by atoms with van der Waals surface area (Å²) < 4.78 is 44.0. The molecule has 1 aliphatic heterocycles. The molecule has 1 aliphatic rings. The Labute approximate surface area is 187 Å². The van der Waals surface area contributed by atoms with Crippen molar-refractivity contribution in [2.75, 3.05) is 13.7 Å². The number of rotatable bonds is 12. The molecule has 30 heavy (non-hydrogen) atoms. The molecule has 6 nitrogen and oxygen atoms in total. The summed E-state index contributed by atoms with van der Waals surface area (Å²) in [7, 11) is 1.04. The second kappa shape index (κ2) is 12.8. The van der Waals surface area contributed by atoms with Gasteiger partial charge in [-0.25, -0.2) is 0 Å². The molecule has 0 aliphatic carbocycles. The second-order valence-corrected chi connectivity index (χ2v) is 8.43. The number of methoxy groups -OCH3 is 1. The fourth-order valence-corrected chi connectivity index (χ4v) is 3.90. The fourth-order valence-electron chi connectivity index (χ4n) is 3.28. The largest absolute Gasteiger partial charge is 0.385 e. The third kappa shape index (κ3) is 6.77. The Hall–Kier alpha value is -0.955. The Kier molecular flexibility index (Phi) is 8.92. The number of ether oxygens (including phenoxy) is 4. The van der Waals surface area contributed by atoms with E-state index in [-0.39, 0.29) is 6.61 Å². The molecule has 2 aromatic carbocycles. The molecule has 3 unspecified atom stereocenters. The van der Waals surface area contributed by atoms with Crippen molar-refractivity contribution in [1.29, 1.82) is 2.61 Å². The lowest BCUT2D eigenvalue weighted by Crippen LogP contribution is -2.60. The molecule has 1 fully saturated rings. The van der Waals surface area contributed by atoms with Gasteiger partial charge in [0.1, 0.15) is 31.9 Å². The summed E-state index contributed by atoms with van der Waals surface area (Å²) in [6.45, 7) is 0.686. The summed E-state index contributed by atoms with van der Waals surface area (Å²) >= 11 is 0.916. The van der Waals surface area contributed by atoms with Crippen LogP contribution in [0.15, 0.2) is 60.7 Å². The summed E-state index contributed by atoms with van der Waals surface area (Å²) in [6.07, 6.45) is -3.95. The van der Waals surface area contributed by atoms with E-state index in [4.69, 9.17) is 25.7 Å². The van der Waals surface area contributed by atoms with E-state index in [0.717, 1.165) is 30.3 Å². The van der Waals surface area contributed by atoms with Crippen molar-refractivity contribution in [2.45, 2.75) is 43.9 Å². The van der Waals surface area contributed by atoms with Crippen LogP contribution >= 0.6 is 19.3 Å². The number of aliphatic hydroxyl groups is 1. The Balaban J connectivity index is 1.74. The lowest BCUT2D eigenvalue weighted by molar-refractivity contribution is -0.310. The molecule has 0 aromatic heterocycles. The van der Waals surface area contributed by atoms with Crippen LogP contribution in [0.2, 0.25) is 0 Å². The highest BCUT2D eigenvalue weighted by atomic mass is 32.7. The zero-order valence-electron chi connectivity index (χ0n) is 18.7. The predicted molar refractivity (Wildman–Crippen MR) is 121 cm³/mol. The molecular formula is C21H27BO6PS. The van der Waals surface area contributed by atoms with Gasteiger partial charge in [-0.3, -0.25) is 0 Å². The summed E-state index contributed by atoms with van der Waals surface area (Å²) in [5, 5.41) is 10.9. The number of hydrogen-bond acceptors (Lipinski definition) is 7. The predicted octanol–water partition coefficient (Wildman–Crippen LogP) is 2.96. The quantitative estimate of drug-likeness (QED) is 0.302. The average molecular weight is 452 g/mol. The summed E-state index contributed by atoms with van der Waals surface area (Å²) in [5.41, 5.74) is 1.95. The van der Waals surface area contributed by atoms with Crippen molar-refractivity contribution in [1.82, 2.24) is 0 Å². The highest BCUT2D eigenvalue weighted by Crippen LogP contribution is 2.31. The zero-order valence-corrected chi connectivity index (χ0v) is 18.4. The first-order valence-electron chi connectivity index (χ1n) is 10.6. The lowest BCUT2D eigenvalue weighted by Gasteiger charge is -2.43.